The summed E-state index contributed by atoms with van der Waals surface area (Å²) < 4.78 is 0. The predicted molar refractivity (Wildman–Crippen MR) is 80.3 cm³/mol. The zero-order valence-electron chi connectivity index (χ0n) is 12.0. The van der Waals surface area contributed by atoms with Gasteiger partial charge in [-0.05, 0) is 24.3 Å². The summed E-state index contributed by atoms with van der Waals surface area (Å²) in [7, 11) is 0. The van der Waals surface area contributed by atoms with E-state index in [-0.39, 0.29) is 5.69 Å². The first-order valence-corrected chi connectivity index (χ1v) is 6.45. The largest absolute Gasteiger partial charge is 0.477 e. The first kappa shape index (κ1) is 16.0. The Morgan fingerprint density at radius 2 is 1.83 bits per heavy atom. The number of para-hydroxylation sites is 1. The SMILES string of the molecule is CC(=O)N(Oc1ccccc1)c1ccc([N+](=O)[O-])c(C(=O)O)c1. The second kappa shape index (κ2) is 6.56. The molecule has 0 aliphatic rings. The maximum absolute atomic E-state index is 11.8. The van der Waals surface area contributed by atoms with Gasteiger partial charge >= 0.3 is 5.97 Å². The van der Waals surface area contributed by atoms with Crippen LogP contribution < -0.4 is 9.90 Å². The van der Waals surface area contributed by atoms with Crippen molar-refractivity contribution in [2.45, 2.75) is 6.92 Å². The standard InChI is InChI=1S/C15H12N2O6/c1-10(18)16(23-12-5-3-2-4-6-12)11-7-8-14(17(21)22)13(9-11)15(19)20/h2-9H,1H3,(H,19,20). The van der Waals surface area contributed by atoms with Gasteiger partial charge in [-0.2, -0.15) is 0 Å². The minimum absolute atomic E-state index is 0.0735. The normalized spacial score (nSPS) is 9.96. The Labute approximate surface area is 130 Å². The first-order chi connectivity index (χ1) is 10.9. The maximum Gasteiger partial charge on any atom is 0.342 e. The summed E-state index contributed by atoms with van der Waals surface area (Å²) in [6.07, 6.45) is 0. The Hall–Kier alpha value is -3.42. The van der Waals surface area contributed by atoms with E-state index < -0.39 is 28.1 Å². The second-order valence-corrected chi connectivity index (χ2v) is 4.48. The van der Waals surface area contributed by atoms with E-state index in [4.69, 9.17) is 9.94 Å². The van der Waals surface area contributed by atoms with Crippen LogP contribution in [0.1, 0.15) is 17.3 Å². The number of nitrogens with zero attached hydrogens (tertiary/aromatic N) is 2. The van der Waals surface area contributed by atoms with E-state index in [1.54, 1.807) is 30.3 Å². The van der Waals surface area contributed by atoms with Crippen molar-refractivity contribution < 1.29 is 24.5 Å². The van der Waals surface area contributed by atoms with Crippen molar-refractivity contribution in [1.29, 1.82) is 0 Å². The van der Waals surface area contributed by atoms with Crippen LogP contribution >= 0.6 is 0 Å². The molecule has 0 saturated carbocycles. The van der Waals surface area contributed by atoms with Gasteiger partial charge in [0.25, 0.3) is 11.6 Å². The van der Waals surface area contributed by atoms with E-state index in [1.165, 1.54) is 13.0 Å². The molecule has 2 aromatic carbocycles. The summed E-state index contributed by atoms with van der Waals surface area (Å²) in [6.45, 7) is 1.23. The lowest BCUT2D eigenvalue weighted by Crippen LogP contribution is -2.32. The second-order valence-electron chi connectivity index (χ2n) is 4.48. The quantitative estimate of drug-likeness (QED) is 0.670. The fraction of sp³-hybridized carbons (Fsp3) is 0.0667. The lowest BCUT2D eigenvalue weighted by atomic mass is 10.1. The van der Waals surface area contributed by atoms with E-state index in [1.807, 2.05) is 0 Å². The molecular weight excluding hydrogens is 304 g/mol. The number of nitro groups is 1. The maximum atomic E-state index is 11.8. The lowest BCUT2D eigenvalue weighted by molar-refractivity contribution is -0.385. The van der Waals surface area contributed by atoms with Crippen LogP contribution in [-0.2, 0) is 4.79 Å². The van der Waals surface area contributed by atoms with Crippen molar-refractivity contribution in [2.24, 2.45) is 0 Å². The van der Waals surface area contributed by atoms with Crippen LogP contribution in [-0.4, -0.2) is 21.9 Å². The van der Waals surface area contributed by atoms with Crippen LogP contribution in [0.4, 0.5) is 11.4 Å². The molecule has 0 heterocycles. The number of hydrogen-bond acceptors (Lipinski definition) is 5. The molecule has 8 heteroatoms. The number of hydroxylamine groups is 1. The number of anilines is 1. The molecule has 1 amide bonds. The average molecular weight is 316 g/mol. The summed E-state index contributed by atoms with van der Waals surface area (Å²) in [5.41, 5.74) is -1.02. The number of carbonyl (C=O) groups is 2. The number of carbonyl (C=O) groups excluding carboxylic acids is 1. The van der Waals surface area contributed by atoms with Gasteiger partial charge in [0.15, 0.2) is 5.75 Å². The number of carboxylic acids is 1. The Morgan fingerprint density at radius 3 is 2.35 bits per heavy atom. The molecule has 8 nitrogen and oxygen atoms in total. The molecule has 0 aromatic heterocycles. The van der Waals surface area contributed by atoms with Crippen molar-refractivity contribution in [3.05, 3.63) is 64.2 Å². The third kappa shape index (κ3) is 3.62. The number of nitro benzene ring substituents is 1. The van der Waals surface area contributed by atoms with Gasteiger partial charge in [0.1, 0.15) is 5.56 Å². The minimum Gasteiger partial charge on any atom is -0.477 e. The molecule has 0 spiro atoms. The highest BCUT2D eigenvalue weighted by Gasteiger charge is 2.23. The van der Waals surface area contributed by atoms with E-state index in [9.17, 15) is 19.7 Å². The van der Waals surface area contributed by atoms with Gasteiger partial charge in [-0.25, -0.2) is 4.79 Å². The van der Waals surface area contributed by atoms with Crippen LogP contribution in [0.3, 0.4) is 0 Å². The molecule has 23 heavy (non-hydrogen) atoms. The summed E-state index contributed by atoms with van der Waals surface area (Å²) in [5.74, 6) is -1.63. The van der Waals surface area contributed by atoms with Gasteiger partial charge in [0.2, 0.25) is 0 Å². The molecule has 2 rings (SSSR count). The van der Waals surface area contributed by atoms with Gasteiger partial charge in [0.05, 0.1) is 10.6 Å². The van der Waals surface area contributed by atoms with E-state index >= 15 is 0 Å². The molecule has 0 bridgehead atoms. The van der Waals surface area contributed by atoms with Crippen LogP contribution in [0, 0.1) is 10.1 Å². The first-order valence-electron chi connectivity index (χ1n) is 6.45. The third-order valence-electron chi connectivity index (χ3n) is 2.87. The van der Waals surface area contributed by atoms with E-state index in [0.29, 0.717) is 5.75 Å². The molecule has 0 unspecified atom stereocenters. The Kier molecular flexibility index (Phi) is 4.55. The van der Waals surface area contributed by atoms with Crippen molar-refractivity contribution in [2.75, 3.05) is 5.06 Å². The Bertz CT molecular complexity index is 760. The summed E-state index contributed by atoms with van der Waals surface area (Å²) in [5, 5.41) is 20.8. The zero-order chi connectivity index (χ0) is 17.0. The smallest absolute Gasteiger partial charge is 0.342 e. The Balaban J connectivity index is 2.44. The fourth-order valence-electron chi connectivity index (χ4n) is 1.87. The third-order valence-corrected chi connectivity index (χ3v) is 2.87. The van der Waals surface area contributed by atoms with Gasteiger partial charge in [-0.1, -0.05) is 18.2 Å². The van der Waals surface area contributed by atoms with Crippen molar-refractivity contribution in [3.63, 3.8) is 0 Å². The molecular formula is C15H12N2O6. The number of amides is 1. The molecule has 118 valence electrons. The summed E-state index contributed by atoms with van der Waals surface area (Å²) in [6, 6.07) is 11.7. The van der Waals surface area contributed by atoms with E-state index in [2.05, 4.69) is 0 Å². The number of carboxylic acid groups (broad SMARTS) is 1. The molecule has 0 radical (unpaired) electrons. The topological polar surface area (TPSA) is 110 Å². The lowest BCUT2D eigenvalue weighted by Gasteiger charge is -2.21. The van der Waals surface area contributed by atoms with Gasteiger partial charge in [-0.3, -0.25) is 14.9 Å². The molecule has 1 N–H and O–H groups in total. The average Bonchev–Trinajstić information content (AvgIpc) is 2.52. The van der Waals surface area contributed by atoms with Gasteiger partial charge in [-0.15, -0.1) is 5.06 Å². The number of rotatable bonds is 5. The highest BCUT2D eigenvalue weighted by atomic mass is 16.7. The molecule has 0 atom stereocenters. The van der Waals surface area contributed by atoms with Crippen molar-refractivity contribution in [3.8, 4) is 5.75 Å². The fourth-order valence-corrected chi connectivity index (χ4v) is 1.87. The molecule has 0 saturated heterocycles. The van der Waals surface area contributed by atoms with Crippen LogP contribution in [0.2, 0.25) is 0 Å². The van der Waals surface area contributed by atoms with Crippen LogP contribution in [0.15, 0.2) is 48.5 Å². The zero-order valence-corrected chi connectivity index (χ0v) is 12.0. The van der Waals surface area contributed by atoms with Gasteiger partial charge < -0.3 is 9.94 Å². The predicted octanol–water partition coefficient (Wildman–Crippen LogP) is 2.64. The summed E-state index contributed by atoms with van der Waals surface area (Å²) in [4.78, 5) is 38.4. The molecule has 2 aromatic rings. The Morgan fingerprint density at radius 1 is 1.17 bits per heavy atom. The van der Waals surface area contributed by atoms with Crippen molar-refractivity contribution >= 4 is 23.3 Å². The van der Waals surface area contributed by atoms with E-state index in [0.717, 1.165) is 17.2 Å². The number of hydrogen-bond donors (Lipinski definition) is 1. The minimum atomic E-state index is -1.47. The summed E-state index contributed by atoms with van der Waals surface area (Å²) >= 11 is 0. The monoisotopic (exact) mass is 316 g/mol. The molecule has 0 aliphatic carbocycles. The molecule has 0 fully saturated rings. The van der Waals surface area contributed by atoms with Crippen LogP contribution in [0.25, 0.3) is 0 Å². The highest BCUT2D eigenvalue weighted by Crippen LogP contribution is 2.26. The molecule has 0 aliphatic heterocycles. The van der Waals surface area contributed by atoms with Gasteiger partial charge in [0, 0.05) is 13.0 Å². The number of benzene rings is 2. The van der Waals surface area contributed by atoms with Crippen molar-refractivity contribution in [1.82, 2.24) is 0 Å². The number of aromatic carboxylic acids is 1. The highest BCUT2D eigenvalue weighted by molar-refractivity contribution is 5.96. The van der Waals surface area contributed by atoms with Crippen LogP contribution in [0.5, 0.6) is 5.75 Å².